The van der Waals surface area contributed by atoms with Crippen molar-refractivity contribution in [1.82, 2.24) is 10.4 Å². The van der Waals surface area contributed by atoms with Gasteiger partial charge in [-0.15, -0.1) is 0 Å². The van der Waals surface area contributed by atoms with E-state index in [4.69, 9.17) is 0 Å². The summed E-state index contributed by atoms with van der Waals surface area (Å²) >= 11 is 0. The van der Waals surface area contributed by atoms with E-state index in [-0.39, 0.29) is 11.5 Å². The maximum Gasteiger partial charge on any atom is 0.158 e. The molecule has 0 radical (unpaired) electrons. The van der Waals surface area contributed by atoms with Gasteiger partial charge < -0.3 is 15.2 Å². The molecule has 1 aromatic heterocycles. The Morgan fingerprint density at radius 1 is 1.17 bits per heavy atom. The number of rotatable bonds is 5. The lowest BCUT2D eigenvalue weighted by molar-refractivity contribution is 0.403. The van der Waals surface area contributed by atoms with E-state index in [0.29, 0.717) is 12.0 Å². The monoisotopic (exact) mass is 307 g/mol. The van der Waals surface area contributed by atoms with E-state index in [1.807, 2.05) is 24.4 Å². The van der Waals surface area contributed by atoms with Gasteiger partial charge in [0.05, 0.1) is 6.21 Å². The zero-order chi connectivity index (χ0) is 16.2. The summed E-state index contributed by atoms with van der Waals surface area (Å²) < 4.78 is 0. The lowest BCUT2D eigenvalue weighted by Gasteiger charge is -2.04. The first-order valence-corrected chi connectivity index (χ1v) is 7.17. The summed E-state index contributed by atoms with van der Waals surface area (Å²) in [6, 6.07) is 12.6. The number of hydrazone groups is 1. The average molecular weight is 307 g/mol. The fourth-order valence-electron chi connectivity index (χ4n) is 2.37. The van der Waals surface area contributed by atoms with Crippen LogP contribution in [0.4, 0.5) is 0 Å². The summed E-state index contributed by atoms with van der Waals surface area (Å²) in [6.07, 6.45) is 4.18. The fraction of sp³-hybridized carbons (Fsp3) is 0.0556. The fourth-order valence-corrected chi connectivity index (χ4v) is 2.37. The highest BCUT2D eigenvalue weighted by Gasteiger charge is 2.04. The van der Waals surface area contributed by atoms with Crippen molar-refractivity contribution in [1.29, 1.82) is 0 Å². The second-order valence-electron chi connectivity index (χ2n) is 5.26. The summed E-state index contributed by atoms with van der Waals surface area (Å²) in [6.45, 7) is 3.97. The maximum atomic E-state index is 9.43. The van der Waals surface area contributed by atoms with Gasteiger partial charge in [0.2, 0.25) is 0 Å². The van der Waals surface area contributed by atoms with Crippen molar-refractivity contribution in [3.63, 3.8) is 0 Å². The smallest absolute Gasteiger partial charge is 0.158 e. The molecule has 0 saturated heterocycles. The third-order valence-corrected chi connectivity index (χ3v) is 3.51. The number of aromatic amines is 1. The van der Waals surface area contributed by atoms with Crippen LogP contribution in [0.1, 0.15) is 11.1 Å². The molecule has 0 saturated carbocycles. The number of aromatic hydroxyl groups is 2. The number of para-hydroxylation sites is 1. The molecule has 23 heavy (non-hydrogen) atoms. The predicted octanol–water partition coefficient (Wildman–Crippen LogP) is 3.26. The molecule has 0 aliphatic carbocycles. The summed E-state index contributed by atoms with van der Waals surface area (Å²) in [4.78, 5) is 3.23. The Hall–Kier alpha value is -3.21. The van der Waals surface area contributed by atoms with Crippen molar-refractivity contribution in [2.45, 2.75) is 6.42 Å². The molecule has 3 aromatic rings. The topological polar surface area (TPSA) is 80.6 Å². The molecule has 0 unspecified atom stereocenters. The molecule has 0 amide bonds. The quantitative estimate of drug-likeness (QED) is 0.332. The van der Waals surface area contributed by atoms with Gasteiger partial charge in [0.15, 0.2) is 11.5 Å². The van der Waals surface area contributed by atoms with Gasteiger partial charge >= 0.3 is 0 Å². The number of nitrogens with zero attached hydrogens (tertiary/aromatic N) is 1. The van der Waals surface area contributed by atoms with Crippen LogP contribution in [-0.2, 0) is 6.42 Å². The number of benzene rings is 2. The van der Waals surface area contributed by atoms with Crippen LogP contribution in [0.5, 0.6) is 11.5 Å². The molecule has 0 bridgehead atoms. The van der Waals surface area contributed by atoms with Gasteiger partial charge in [-0.05, 0) is 35.4 Å². The van der Waals surface area contributed by atoms with E-state index in [1.165, 1.54) is 17.5 Å². The van der Waals surface area contributed by atoms with Gasteiger partial charge in [-0.2, -0.15) is 5.10 Å². The van der Waals surface area contributed by atoms with Crippen molar-refractivity contribution in [2.75, 3.05) is 0 Å². The molecule has 3 rings (SSSR count). The van der Waals surface area contributed by atoms with Crippen LogP contribution >= 0.6 is 0 Å². The van der Waals surface area contributed by atoms with Crippen LogP contribution < -0.4 is 5.43 Å². The summed E-state index contributed by atoms with van der Waals surface area (Å²) in [5.74, 6) is -0.328. The minimum absolute atomic E-state index is 0.154. The van der Waals surface area contributed by atoms with Crippen molar-refractivity contribution in [3.05, 3.63) is 72.1 Å². The Labute approximate surface area is 133 Å². The molecule has 0 aliphatic rings. The molecule has 0 atom stereocenters. The minimum atomic E-state index is -0.174. The molecule has 2 aromatic carbocycles. The first kappa shape index (κ1) is 14.7. The zero-order valence-electron chi connectivity index (χ0n) is 12.5. The van der Waals surface area contributed by atoms with Gasteiger partial charge in [0, 0.05) is 29.2 Å². The van der Waals surface area contributed by atoms with Crippen molar-refractivity contribution >= 4 is 17.1 Å². The van der Waals surface area contributed by atoms with Crippen molar-refractivity contribution in [3.8, 4) is 11.5 Å². The molecule has 1 heterocycles. The third-order valence-electron chi connectivity index (χ3n) is 3.51. The second kappa shape index (κ2) is 6.27. The van der Waals surface area contributed by atoms with E-state index >= 15 is 0 Å². The molecular formula is C18H17N3O2. The van der Waals surface area contributed by atoms with Gasteiger partial charge in [0.1, 0.15) is 0 Å². The van der Waals surface area contributed by atoms with Crippen LogP contribution in [0.15, 0.2) is 66.0 Å². The standard InChI is InChI=1S/C18H17N3O2/c1-12(8-14-11-19-16-5-3-2-4-15(14)16)21-20-10-13-6-7-17(22)18(23)9-13/h2-7,9-11,19,21-23H,1,8H2/b20-10+. The Kier molecular flexibility index (Phi) is 4.01. The molecule has 5 nitrogen and oxygen atoms in total. The van der Waals surface area contributed by atoms with Crippen LogP contribution in [0, 0.1) is 0 Å². The predicted molar refractivity (Wildman–Crippen MR) is 91.6 cm³/mol. The lowest BCUT2D eigenvalue weighted by atomic mass is 10.1. The second-order valence-corrected chi connectivity index (χ2v) is 5.26. The van der Waals surface area contributed by atoms with Crippen molar-refractivity contribution < 1.29 is 10.2 Å². The Morgan fingerprint density at radius 2 is 2.00 bits per heavy atom. The highest BCUT2D eigenvalue weighted by atomic mass is 16.3. The molecule has 0 aliphatic heterocycles. The summed E-state index contributed by atoms with van der Waals surface area (Å²) in [5.41, 5.74) is 6.56. The lowest BCUT2D eigenvalue weighted by Crippen LogP contribution is -2.07. The zero-order valence-corrected chi connectivity index (χ0v) is 12.5. The summed E-state index contributed by atoms with van der Waals surface area (Å²) in [5, 5.41) is 24.0. The number of phenolic OH excluding ortho intramolecular Hbond substituents is 2. The highest BCUT2D eigenvalue weighted by molar-refractivity contribution is 5.83. The van der Waals surface area contributed by atoms with E-state index in [1.54, 1.807) is 12.3 Å². The number of allylic oxidation sites excluding steroid dienone is 1. The highest BCUT2D eigenvalue weighted by Crippen LogP contribution is 2.24. The molecule has 0 spiro atoms. The number of aromatic nitrogens is 1. The number of nitrogens with one attached hydrogen (secondary N) is 2. The Balaban J connectivity index is 1.63. The molecule has 116 valence electrons. The van der Waals surface area contributed by atoms with E-state index in [9.17, 15) is 10.2 Å². The first-order valence-electron chi connectivity index (χ1n) is 7.17. The molecule has 0 fully saturated rings. The van der Waals surface area contributed by atoms with Crippen LogP contribution in [0.3, 0.4) is 0 Å². The molecule has 5 heteroatoms. The number of hydrogen-bond acceptors (Lipinski definition) is 4. The average Bonchev–Trinajstić information content (AvgIpc) is 2.94. The number of H-pyrrole nitrogens is 1. The Morgan fingerprint density at radius 3 is 2.83 bits per heavy atom. The largest absolute Gasteiger partial charge is 0.504 e. The van der Waals surface area contributed by atoms with Crippen LogP contribution in [0.2, 0.25) is 0 Å². The van der Waals surface area contributed by atoms with Gasteiger partial charge in [0.25, 0.3) is 0 Å². The SMILES string of the molecule is C=C(Cc1c[nH]c2ccccc12)N/N=C/c1ccc(O)c(O)c1. The number of phenols is 2. The molecular weight excluding hydrogens is 290 g/mol. The first-order chi connectivity index (χ1) is 11.1. The van der Waals surface area contributed by atoms with E-state index < -0.39 is 0 Å². The number of fused-ring (bicyclic) bond motifs is 1. The maximum absolute atomic E-state index is 9.43. The van der Waals surface area contributed by atoms with Crippen molar-refractivity contribution in [2.24, 2.45) is 5.10 Å². The van der Waals surface area contributed by atoms with Crippen LogP contribution in [0.25, 0.3) is 10.9 Å². The third kappa shape index (κ3) is 3.35. The van der Waals surface area contributed by atoms with Gasteiger partial charge in [-0.1, -0.05) is 24.8 Å². The normalized spacial score (nSPS) is 11.1. The van der Waals surface area contributed by atoms with Gasteiger partial charge in [-0.25, -0.2) is 0 Å². The van der Waals surface area contributed by atoms with E-state index in [2.05, 4.69) is 28.2 Å². The summed E-state index contributed by atoms with van der Waals surface area (Å²) in [7, 11) is 0. The Bertz CT molecular complexity index is 881. The van der Waals surface area contributed by atoms with E-state index in [0.717, 1.165) is 16.8 Å². The molecule has 4 N–H and O–H groups in total. The minimum Gasteiger partial charge on any atom is -0.504 e. The number of hydrogen-bond donors (Lipinski definition) is 4. The van der Waals surface area contributed by atoms with Gasteiger partial charge in [-0.3, -0.25) is 5.43 Å². The van der Waals surface area contributed by atoms with Crippen LogP contribution in [-0.4, -0.2) is 21.4 Å².